The van der Waals surface area contributed by atoms with Crippen molar-refractivity contribution in [2.24, 2.45) is 5.73 Å². The molecule has 1 aromatic rings. The van der Waals surface area contributed by atoms with Gasteiger partial charge in [0.15, 0.2) is 0 Å². The lowest BCUT2D eigenvalue weighted by atomic mass is 10.3. The van der Waals surface area contributed by atoms with Gasteiger partial charge in [-0.2, -0.15) is 0 Å². The van der Waals surface area contributed by atoms with Crippen molar-refractivity contribution >= 4 is 17.2 Å². The molecule has 18 heavy (non-hydrogen) atoms. The van der Waals surface area contributed by atoms with Crippen LogP contribution in [0.25, 0.3) is 0 Å². The largest absolute Gasteiger partial charge is 0.368 e. The summed E-state index contributed by atoms with van der Waals surface area (Å²) in [5.74, 6) is -0.371. The zero-order valence-corrected chi connectivity index (χ0v) is 12.1. The molecule has 0 saturated heterocycles. The van der Waals surface area contributed by atoms with Gasteiger partial charge in [0.2, 0.25) is 5.91 Å². The number of carbonyl (C=O) groups is 1. The maximum Gasteiger partial charge on any atom is 0.241 e. The summed E-state index contributed by atoms with van der Waals surface area (Å²) in [4.78, 5) is 18.0. The summed E-state index contributed by atoms with van der Waals surface area (Å²) in [5, 5.41) is 5.86. The van der Waals surface area contributed by atoms with Gasteiger partial charge >= 0.3 is 0 Å². The second-order valence-corrected chi connectivity index (χ2v) is 5.03. The molecule has 1 amide bonds. The first-order chi connectivity index (χ1) is 8.58. The van der Waals surface area contributed by atoms with Crippen molar-refractivity contribution in [3.05, 3.63) is 16.1 Å². The number of amides is 1. The first kappa shape index (κ1) is 15.1. The van der Waals surface area contributed by atoms with Gasteiger partial charge in [0, 0.05) is 24.2 Å². The smallest absolute Gasteiger partial charge is 0.241 e. The van der Waals surface area contributed by atoms with Crippen molar-refractivity contribution in [2.75, 3.05) is 26.2 Å². The lowest BCUT2D eigenvalue weighted by Gasteiger charge is -2.20. The van der Waals surface area contributed by atoms with E-state index in [9.17, 15) is 4.79 Å². The third kappa shape index (κ3) is 4.36. The molecule has 0 saturated carbocycles. The van der Waals surface area contributed by atoms with E-state index in [0.717, 1.165) is 36.9 Å². The Kier molecular flexibility index (Phi) is 6.24. The molecular formula is C12H22N4OS. The number of aryl methyl sites for hydroxylation is 1. The highest BCUT2D eigenvalue weighted by Crippen LogP contribution is 2.17. The Labute approximate surface area is 112 Å². The van der Waals surface area contributed by atoms with E-state index in [1.165, 1.54) is 11.3 Å². The summed E-state index contributed by atoms with van der Waals surface area (Å²) in [7, 11) is 0. The quantitative estimate of drug-likeness (QED) is 0.736. The van der Waals surface area contributed by atoms with E-state index < -0.39 is 6.04 Å². The molecule has 6 heteroatoms. The molecule has 0 bridgehead atoms. The van der Waals surface area contributed by atoms with Crippen LogP contribution in [0.1, 0.15) is 30.6 Å². The molecule has 0 fully saturated rings. The fourth-order valence-electron chi connectivity index (χ4n) is 1.72. The predicted octanol–water partition coefficient (Wildman–Crippen LogP) is 0.909. The summed E-state index contributed by atoms with van der Waals surface area (Å²) in [5.41, 5.74) is 6.33. The number of hydrogen-bond acceptors (Lipinski definition) is 5. The van der Waals surface area contributed by atoms with Crippen LogP contribution in [-0.4, -0.2) is 42.0 Å². The van der Waals surface area contributed by atoms with Crippen LogP contribution in [0.15, 0.2) is 5.38 Å². The molecule has 0 aliphatic heterocycles. The van der Waals surface area contributed by atoms with Crippen LogP contribution in [0, 0.1) is 6.92 Å². The van der Waals surface area contributed by atoms with E-state index in [2.05, 4.69) is 29.0 Å². The molecule has 0 aliphatic rings. The number of nitrogens with one attached hydrogen (secondary N) is 1. The van der Waals surface area contributed by atoms with Crippen molar-refractivity contribution in [1.82, 2.24) is 15.2 Å². The zero-order valence-electron chi connectivity index (χ0n) is 11.3. The second kappa shape index (κ2) is 7.45. The van der Waals surface area contributed by atoms with E-state index in [1.54, 1.807) is 0 Å². The number of aromatic nitrogens is 1. The van der Waals surface area contributed by atoms with Gasteiger partial charge in [-0.25, -0.2) is 4.98 Å². The van der Waals surface area contributed by atoms with Gasteiger partial charge < -0.3 is 10.6 Å². The van der Waals surface area contributed by atoms with Crippen LogP contribution < -0.4 is 11.1 Å². The molecule has 1 aromatic heterocycles. The van der Waals surface area contributed by atoms with Gasteiger partial charge in [0.05, 0.1) is 0 Å². The minimum Gasteiger partial charge on any atom is -0.368 e. The Balaban J connectivity index is 2.52. The molecule has 0 aromatic carbocycles. The molecule has 1 heterocycles. The second-order valence-electron chi connectivity index (χ2n) is 4.14. The average Bonchev–Trinajstić information content (AvgIpc) is 2.75. The summed E-state index contributed by atoms with van der Waals surface area (Å²) in [6, 6.07) is -0.473. The monoisotopic (exact) mass is 270 g/mol. The molecule has 5 nitrogen and oxygen atoms in total. The van der Waals surface area contributed by atoms with Gasteiger partial charge in [-0.05, 0) is 20.0 Å². The first-order valence-corrected chi connectivity index (χ1v) is 7.13. The topological polar surface area (TPSA) is 71.2 Å². The van der Waals surface area contributed by atoms with Crippen LogP contribution in [-0.2, 0) is 4.79 Å². The number of nitrogens with two attached hydrogens (primary N) is 1. The van der Waals surface area contributed by atoms with Crippen LogP contribution in [0.2, 0.25) is 0 Å². The number of thiazole rings is 1. The molecule has 1 atom stereocenters. The number of carbonyl (C=O) groups excluding carboxylic acids is 1. The SMILES string of the molecule is CCN(CC)CCNC(C(N)=O)c1nc(C)cs1. The standard InChI is InChI=1S/C12H22N4OS/c1-4-16(5-2)7-6-14-10(11(13)17)12-15-9(3)8-18-12/h8,10,14H,4-7H2,1-3H3,(H2,13,17). The maximum absolute atomic E-state index is 11.4. The van der Waals surface area contributed by atoms with Crippen LogP contribution in [0.3, 0.4) is 0 Å². The van der Waals surface area contributed by atoms with E-state index in [0.29, 0.717) is 0 Å². The van der Waals surface area contributed by atoms with Gasteiger partial charge in [-0.3, -0.25) is 10.1 Å². The van der Waals surface area contributed by atoms with Crippen LogP contribution >= 0.6 is 11.3 Å². The molecule has 1 rings (SSSR count). The molecule has 3 N–H and O–H groups in total. The van der Waals surface area contributed by atoms with Gasteiger partial charge in [0.1, 0.15) is 11.0 Å². The molecule has 1 unspecified atom stereocenters. The summed E-state index contributed by atoms with van der Waals surface area (Å²) < 4.78 is 0. The Bertz CT molecular complexity index is 376. The minimum absolute atomic E-state index is 0.371. The Hall–Kier alpha value is -0.980. The lowest BCUT2D eigenvalue weighted by molar-refractivity contribution is -0.120. The lowest BCUT2D eigenvalue weighted by Crippen LogP contribution is -2.38. The van der Waals surface area contributed by atoms with Crippen molar-refractivity contribution in [1.29, 1.82) is 0 Å². The number of hydrogen-bond donors (Lipinski definition) is 2. The third-order valence-corrected chi connectivity index (χ3v) is 3.87. The highest BCUT2D eigenvalue weighted by Gasteiger charge is 2.20. The Morgan fingerprint density at radius 3 is 2.67 bits per heavy atom. The molecule has 102 valence electrons. The van der Waals surface area contributed by atoms with Crippen LogP contribution in [0.4, 0.5) is 0 Å². The maximum atomic E-state index is 11.4. The summed E-state index contributed by atoms with van der Waals surface area (Å²) in [6.45, 7) is 9.81. The van der Waals surface area contributed by atoms with Crippen molar-refractivity contribution in [3.63, 3.8) is 0 Å². The normalized spacial score (nSPS) is 12.9. The summed E-state index contributed by atoms with van der Waals surface area (Å²) in [6.07, 6.45) is 0. The Morgan fingerprint density at radius 2 is 2.22 bits per heavy atom. The summed E-state index contributed by atoms with van der Waals surface area (Å²) >= 11 is 1.47. The fourth-order valence-corrected chi connectivity index (χ4v) is 2.60. The molecule has 0 radical (unpaired) electrons. The first-order valence-electron chi connectivity index (χ1n) is 6.25. The van der Waals surface area contributed by atoms with Crippen molar-refractivity contribution < 1.29 is 4.79 Å². The van der Waals surface area contributed by atoms with Crippen LogP contribution in [0.5, 0.6) is 0 Å². The average molecular weight is 270 g/mol. The third-order valence-electron chi connectivity index (χ3n) is 2.84. The van der Waals surface area contributed by atoms with Gasteiger partial charge in [-0.1, -0.05) is 13.8 Å². The van der Waals surface area contributed by atoms with E-state index in [1.807, 2.05) is 12.3 Å². The highest BCUT2D eigenvalue weighted by atomic mass is 32.1. The zero-order chi connectivity index (χ0) is 13.5. The van der Waals surface area contributed by atoms with Gasteiger partial charge in [-0.15, -0.1) is 11.3 Å². The van der Waals surface area contributed by atoms with E-state index in [4.69, 9.17) is 5.73 Å². The minimum atomic E-state index is -0.473. The predicted molar refractivity (Wildman–Crippen MR) is 74.6 cm³/mol. The van der Waals surface area contributed by atoms with Crippen molar-refractivity contribution in [2.45, 2.75) is 26.8 Å². The number of primary amides is 1. The Morgan fingerprint density at radius 1 is 1.56 bits per heavy atom. The molecule has 0 aliphatic carbocycles. The number of nitrogens with zero attached hydrogens (tertiary/aromatic N) is 2. The highest BCUT2D eigenvalue weighted by molar-refractivity contribution is 7.09. The van der Waals surface area contributed by atoms with Gasteiger partial charge in [0.25, 0.3) is 0 Å². The van der Waals surface area contributed by atoms with E-state index in [-0.39, 0.29) is 5.91 Å². The molecular weight excluding hydrogens is 248 g/mol. The van der Waals surface area contributed by atoms with Crippen molar-refractivity contribution in [3.8, 4) is 0 Å². The number of rotatable bonds is 8. The number of likely N-dealkylation sites (N-methyl/N-ethyl adjacent to an activating group) is 1. The van der Waals surface area contributed by atoms with E-state index >= 15 is 0 Å². The fraction of sp³-hybridized carbons (Fsp3) is 0.667. The molecule has 0 spiro atoms.